The lowest BCUT2D eigenvalue weighted by Gasteiger charge is -2.23. The Morgan fingerprint density at radius 2 is 1.89 bits per heavy atom. The quantitative estimate of drug-likeness (QED) is 0.694. The molecule has 0 aliphatic heterocycles. The highest BCUT2D eigenvalue weighted by Crippen LogP contribution is 2.16. The van der Waals surface area contributed by atoms with Gasteiger partial charge in [-0.25, -0.2) is 0 Å². The molecule has 0 spiro atoms. The highest BCUT2D eigenvalue weighted by Gasteiger charge is 2.20. The third kappa shape index (κ3) is 6.15. The molecule has 3 nitrogen and oxygen atoms in total. The van der Waals surface area contributed by atoms with Crippen molar-refractivity contribution in [3.05, 3.63) is 35.4 Å². The van der Waals surface area contributed by atoms with E-state index in [1.807, 2.05) is 6.92 Å². The lowest BCUT2D eigenvalue weighted by molar-refractivity contribution is 0.0510. The van der Waals surface area contributed by atoms with E-state index in [-0.39, 0.29) is 0 Å². The van der Waals surface area contributed by atoms with Gasteiger partial charge in [-0.1, -0.05) is 29.8 Å². The molecule has 102 valence electrons. The van der Waals surface area contributed by atoms with Crippen LogP contribution in [0.15, 0.2) is 24.3 Å². The van der Waals surface area contributed by atoms with Gasteiger partial charge in [-0.05, 0) is 32.4 Å². The molecule has 1 rings (SSSR count). The van der Waals surface area contributed by atoms with Crippen molar-refractivity contribution in [2.75, 3.05) is 26.8 Å². The zero-order chi connectivity index (χ0) is 13.4. The van der Waals surface area contributed by atoms with E-state index in [1.165, 1.54) is 11.1 Å². The summed E-state index contributed by atoms with van der Waals surface area (Å²) in [6.07, 6.45) is 1.43. The first-order chi connectivity index (χ1) is 8.53. The van der Waals surface area contributed by atoms with Gasteiger partial charge in [-0.2, -0.15) is 0 Å². The Kier molecular flexibility index (Phi) is 6.33. The predicted molar refractivity (Wildman–Crippen MR) is 74.9 cm³/mol. The second-order valence-electron chi connectivity index (χ2n) is 5.15. The zero-order valence-electron chi connectivity index (χ0n) is 11.7. The fraction of sp³-hybridized carbons (Fsp3) is 0.600. The first kappa shape index (κ1) is 15.2. The molecule has 0 radical (unpaired) electrons. The third-order valence-electron chi connectivity index (χ3n) is 3.03. The van der Waals surface area contributed by atoms with Crippen molar-refractivity contribution in [1.82, 2.24) is 5.32 Å². The Morgan fingerprint density at radius 1 is 1.22 bits per heavy atom. The first-order valence-corrected chi connectivity index (χ1v) is 6.51. The van der Waals surface area contributed by atoms with E-state index in [4.69, 9.17) is 4.74 Å². The molecule has 2 N–H and O–H groups in total. The summed E-state index contributed by atoms with van der Waals surface area (Å²) in [5.74, 6) is 0. The van der Waals surface area contributed by atoms with Crippen molar-refractivity contribution >= 4 is 0 Å². The van der Waals surface area contributed by atoms with E-state index in [2.05, 4.69) is 36.5 Å². The number of hydrogen-bond donors (Lipinski definition) is 2. The monoisotopic (exact) mass is 251 g/mol. The van der Waals surface area contributed by atoms with E-state index >= 15 is 0 Å². The maximum absolute atomic E-state index is 10.3. The number of benzene rings is 1. The van der Waals surface area contributed by atoms with Gasteiger partial charge in [0.2, 0.25) is 0 Å². The fourth-order valence-electron chi connectivity index (χ4n) is 1.89. The maximum atomic E-state index is 10.3. The number of ether oxygens (including phenoxy) is 1. The molecule has 0 saturated carbocycles. The van der Waals surface area contributed by atoms with Gasteiger partial charge in [0.15, 0.2) is 0 Å². The smallest absolute Gasteiger partial charge is 0.0672 e. The summed E-state index contributed by atoms with van der Waals surface area (Å²) in [5.41, 5.74) is 1.78. The molecular formula is C15H25NO2. The predicted octanol–water partition coefficient (Wildman–Crippen LogP) is 1.91. The summed E-state index contributed by atoms with van der Waals surface area (Å²) in [5, 5.41) is 13.6. The molecule has 1 atom stereocenters. The topological polar surface area (TPSA) is 41.5 Å². The zero-order valence-corrected chi connectivity index (χ0v) is 11.7. The molecule has 0 saturated heterocycles. The van der Waals surface area contributed by atoms with Crippen LogP contribution in [0.5, 0.6) is 0 Å². The van der Waals surface area contributed by atoms with Gasteiger partial charge in [0.05, 0.1) is 12.2 Å². The number of aryl methyl sites for hydroxylation is 1. The average Bonchev–Trinajstić information content (AvgIpc) is 2.31. The van der Waals surface area contributed by atoms with Crippen LogP contribution in [-0.4, -0.2) is 37.5 Å². The molecule has 1 aromatic carbocycles. The molecule has 0 aromatic heterocycles. The van der Waals surface area contributed by atoms with Crippen LogP contribution in [0.4, 0.5) is 0 Å². The van der Waals surface area contributed by atoms with Crippen LogP contribution in [0.3, 0.4) is 0 Å². The minimum absolute atomic E-state index is 0.657. The van der Waals surface area contributed by atoms with Crippen LogP contribution in [0.2, 0.25) is 0 Å². The molecule has 0 fully saturated rings. The van der Waals surface area contributed by atoms with Gasteiger partial charge >= 0.3 is 0 Å². The summed E-state index contributed by atoms with van der Waals surface area (Å²) in [7, 11) is 1.69. The molecule has 0 bridgehead atoms. The van der Waals surface area contributed by atoms with Crippen LogP contribution in [-0.2, 0) is 11.2 Å². The molecule has 0 aliphatic carbocycles. The Labute approximate surface area is 110 Å². The molecule has 0 aliphatic rings. The molecule has 1 unspecified atom stereocenters. The lowest BCUT2D eigenvalue weighted by atomic mass is 9.93. The van der Waals surface area contributed by atoms with Crippen molar-refractivity contribution < 1.29 is 9.84 Å². The van der Waals surface area contributed by atoms with E-state index in [0.29, 0.717) is 13.0 Å². The number of methoxy groups -OCH3 is 1. The molecule has 0 amide bonds. The molecule has 1 aromatic rings. The summed E-state index contributed by atoms with van der Waals surface area (Å²) >= 11 is 0. The highest BCUT2D eigenvalue weighted by molar-refractivity contribution is 5.22. The van der Waals surface area contributed by atoms with Gasteiger partial charge in [0.25, 0.3) is 0 Å². The largest absolute Gasteiger partial charge is 0.390 e. The minimum atomic E-state index is -0.657. The molecule has 18 heavy (non-hydrogen) atoms. The maximum Gasteiger partial charge on any atom is 0.0672 e. The van der Waals surface area contributed by atoms with Crippen molar-refractivity contribution in [2.24, 2.45) is 0 Å². The normalized spacial score (nSPS) is 14.4. The van der Waals surface area contributed by atoms with E-state index < -0.39 is 5.60 Å². The summed E-state index contributed by atoms with van der Waals surface area (Å²) in [6, 6.07) is 8.34. The second-order valence-corrected chi connectivity index (χ2v) is 5.15. The second kappa shape index (κ2) is 7.52. The third-order valence-corrected chi connectivity index (χ3v) is 3.03. The van der Waals surface area contributed by atoms with Crippen LogP contribution in [0.25, 0.3) is 0 Å². The van der Waals surface area contributed by atoms with Crippen LogP contribution in [0, 0.1) is 6.92 Å². The lowest BCUT2D eigenvalue weighted by Crippen LogP contribution is -2.33. The number of rotatable bonds is 8. The van der Waals surface area contributed by atoms with E-state index in [9.17, 15) is 5.11 Å². The highest BCUT2D eigenvalue weighted by atomic mass is 16.5. The Bertz CT molecular complexity index is 333. The minimum Gasteiger partial charge on any atom is -0.390 e. The molecule has 3 heteroatoms. The SMILES string of the molecule is COCCNCCC(C)(O)Cc1ccc(C)cc1. The van der Waals surface area contributed by atoms with Gasteiger partial charge in [0.1, 0.15) is 0 Å². The fourth-order valence-corrected chi connectivity index (χ4v) is 1.89. The van der Waals surface area contributed by atoms with Crippen molar-refractivity contribution in [3.8, 4) is 0 Å². The van der Waals surface area contributed by atoms with Gasteiger partial charge in [-0.15, -0.1) is 0 Å². The van der Waals surface area contributed by atoms with Crippen LogP contribution in [0.1, 0.15) is 24.5 Å². The van der Waals surface area contributed by atoms with E-state index in [0.717, 1.165) is 19.5 Å². The summed E-state index contributed by atoms with van der Waals surface area (Å²) in [4.78, 5) is 0. The standard InChI is InChI=1S/C15H25NO2/c1-13-4-6-14(7-5-13)12-15(2,17)8-9-16-10-11-18-3/h4-7,16-17H,8-12H2,1-3H3. The number of nitrogens with one attached hydrogen (secondary N) is 1. The number of hydrogen-bond acceptors (Lipinski definition) is 3. The first-order valence-electron chi connectivity index (χ1n) is 6.51. The van der Waals surface area contributed by atoms with Gasteiger partial charge in [0, 0.05) is 20.1 Å². The Balaban J connectivity index is 2.32. The number of aliphatic hydroxyl groups is 1. The Hall–Kier alpha value is -0.900. The van der Waals surface area contributed by atoms with Crippen molar-refractivity contribution in [1.29, 1.82) is 0 Å². The van der Waals surface area contributed by atoms with Gasteiger partial charge in [-0.3, -0.25) is 0 Å². The molecular weight excluding hydrogens is 226 g/mol. The molecule has 0 heterocycles. The van der Waals surface area contributed by atoms with Crippen LogP contribution >= 0.6 is 0 Å². The van der Waals surface area contributed by atoms with E-state index in [1.54, 1.807) is 7.11 Å². The Morgan fingerprint density at radius 3 is 2.50 bits per heavy atom. The van der Waals surface area contributed by atoms with Crippen LogP contribution < -0.4 is 5.32 Å². The summed E-state index contributed by atoms with van der Waals surface area (Å²) < 4.78 is 4.96. The van der Waals surface area contributed by atoms with Gasteiger partial charge < -0.3 is 15.2 Å². The summed E-state index contributed by atoms with van der Waals surface area (Å²) in [6.45, 7) is 6.31. The van der Waals surface area contributed by atoms with Crippen molar-refractivity contribution in [2.45, 2.75) is 32.3 Å². The van der Waals surface area contributed by atoms with Crippen molar-refractivity contribution in [3.63, 3.8) is 0 Å². The average molecular weight is 251 g/mol.